The lowest BCUT2D eigenvalue weighted by molar-refractivity contribution is -0.115. The van der Waals surface area contributed by atoms with Gasteiger partial charge >= 0.3 is 0 Å². The van der Waals surface area contributed by atoms with Crippen LogP contribution in [0.15, 0.2) is 61.2 Å². The number of amides is 1. The first kappa shape index (κ1) is 15.9. The molecular weight excluding hydrogens is 330 g/mol. The Bertz CT molecular complexity index is 1040. The van der Waals surface area contributed by atoms with Crippen molar-refractivity contribution in [3.8, 4) is 11.6 Å². The number of benzene rings is 1. The Morgan fingerprint density at radius 2 is 2.04 bits per heavy atom. The van der Waals surface area contributed by atoms with Crippen molar-refractivity contribution in [1.29, 1.82) is 0 Å². The normalized spacial score (nSPS) is 10.8. The molecule has 4 aromatic rings. The largest absolute Gasteiger partial charge is 0.438 e. The molecule has 7 nitrogen and oxygen atoms in total. The van der Waals surface area contributed by atoms with Gasteiger partial charge in [-0.25, -0.2) is 9.97 Å². The van der Waals surface area contributed by atoms with Crippen LogP contribution in [0.1, 0.15) is 5.69 Å². The summed E-state index contributed by atoms with van der Waals surface area (Å²) in [6.07, 6.45) is 5.49. The molecule has 0 spiro atoms. The summed E-state index contributed by atoms with van der Waals surface area (Å²) in [6.45, 7) is 0. The predicted molar refractivity (Wildman–Crippen MR) is 98.2 cm³/mol. The van der Waals surface area contributed by atoms with Crippen LogP contribution < -0.4 is 10.1 Å². The Morgan fingerprint density at radius 1 is 1.19 bits per heavy atom. The Balaban J connectivity index is 1.45. The first-order valence-electron chi connectivity index (χ1n) is 8.15. The zero-order chi connectivity index (χ0) is 17.9. The van der Waals surface area contributed by atoms with Gasteiger partial charge in [-0.05, 0) is 42.5 Å². The highest BCUT2D eigenvalue weighted by Crippen LogP contribution is 2.27. The van der Waals surface area contributed by atoms with Gasteiger partial charge in [0.25, 0.3) is 0 Å². The average Bonchev–Trinajstić information content (AvgIpc) is 3.27. The molecule has 0 aliphatic carbocycles. The van der Waals surface area contributed by atoms with Crippen LogP contribution in [0.25, 0.3) is 11.0 Å². The first-order chi connectivity index (χ1) is 12.7. The number of aryl methyl sites for hydroxylation is 1. The van der Waals surface area contributed by atoms with E-state index in [2.05, 4.69) is 20.3 Å². The van der Waals surface area contributed by atoms with Gasteiger partial charge in [-0.3, -0.25) is 4.79 Å². The van der Waals surface area contributed by atoms with Crippen molar-refractivity contribution in [2.24, 2.45) is 7.05 Å². The minimum atomic E-state index is -0.0806. The molecule has 0 saturated carbocycles. The van der Waals surface area contributed by atoms with Crippen LogP contribution in [0.2, 0.25) is 0 Å². The van der Waals surface area contributed by atoms with Crippen LogP contribution in [0.5, 0.6) is 11.6 Å². The maximum Gasteiger partial charge on any atom is 0.231 e. The molecule has 7 heteroatoms. The van der Waals surface area contributed by atoms with E-state index in [1.165, 1.54) is 6.33 Å². The summed E-state index contributed by atoms with van der Waals surface area (Å²) in [5.41, 5.74) is 2.39. The Kier molecular flexibility index (Phi) is 4.10. The molecule has 0 atom stereocenters. The second-order valence-electron chi connectivity index (χ2n) is 5.89. The molecule has 4 rings (SSSR count). The van der Waals surface area contributed by atoms with E-state index in [0.29, 0.717) is 23.7 Å². The monoisotopic (exact) mass is 347 g/mol. The fourth-order valence-corrected chi connectivity index (χ4v) is 2.71. The maximum atomic E-state index is 12.0. The zero-order valence-electron chi connectivity index (χ0n) is 14.1. The summed E-state index contributed by atoms with van der Waals surface area (Å²) in [6, 6.07) is 12.8. The lowest BCUT2D eigenvalue weighted by Gasteiger charge is -2.08. The van der Waals surface area contributed by atoms with Gasteiger partial charge in [-0.1, -0.05) is 0 Å². The number of anilines is 1. The fraction of sp³-hybridized carbons (Fsp3) is 0.105. The second-order valence-corrected chi connectivity index (χ2v) is 5.89. The SMILES string of the molecule is Cn1ccc2c(Oc3ccc(NC(=O)Cc4ccc[nH]4)cc3)ncnc21. The van der Waals surface area contributed by atoms with Crippen LogP contribution >= 0.6 is 0 Å². The predicted octanol–water partition coefficient (Wildman–Crippen LogP) is 3.27. The first-order valence-corrected chi connectivity index (χ1v) is 8.15. The number of H-pyrrole nitrogens is 1. The number of rotatable bonds is 5. The van der Waals surface area contributed by atoms with E-state index < -0.39 is 0 Å². The Labute approximate surface area is 149 Å². The fourth-order valence-electron chi connectivity index (χ4n) is 2.71. The molecule has 2 N–H and O–H groups in total. The van der Waals surface area contributed by atoms with Gasteiger partial charge in [0.1, 0.15) is 17.7 Å². The Hall–Kier alpha value is -3.61. The highest BCUT2D eigenvalue weighted by atomic mass is 16.5. The van der Waals surface area contributed by atoms with Crippen LogP contribution in [0.3, 0.4) is 0 Å². The van der Waals surface area contributed by atoms with Crippen LogP contribution in [-0.2, 0) is 18.3 Å². The quantitative estimate of drug-likeness (QED) is 0.580. The number of carbonyl (C=O) groups is 1. The van der Waals surface area contributed by atoms with Crippen LogP contribution in [-0.4, -0.2) is 25.4 Å². The van der Waals surface area contributed by atoms with E-state index in [4.69, 9.17) is 4.74 Å². The lowest BCUT2D eigenvalue weighted by Crippen LogP contribution is -2.14. The van der Waals surface area contributed by atoms with Crippen LogP contribution in [0, 0.1) is 0 Å². The third-order valence-electron chi connectivity index (χ3n) is 3.99. The number of aromatic amines is 1. The molecule has 3 heterocycles. The third-order valence-corrected chi connectivity index (χ3v) is 3.99. The average molecular weight is 347 g/mol. The van der Waals surface area contributed by atoms with Gasteiger partial charge in [-0.15, -0.1) is 0 Å². The molecule has 0 saturated heterocycles. The smallest absolute Gasteiger partial charge is 0.231 e. The van der Waals surface area contributed by atoms with Gasteiger partial charge in [0, 0.05) is 30.8 Å². The molecule has 26 heavy (non-hydrogen) atoms. The molecule has 0 bridgehead atoms. The Morgan fingerprint density at radius 3 is 2.81 bits per heavy atom. The number of nitrogens with one attached hydrogen (secondary N) is 2. The van der Waals surface area contributed by atoms with E-state index in [1.54, 1.807) is 30.5 Å². The van der Waals surface area contributed by atoms with Crippen molar-refractivity contribution in [2.45, 2.75) is 6.42 Å². The number of hydrogen-bond donors (Lipinski definition) is 2. The third kappa shape index (κ3) is 3.27. The molecule has 3 aromatic heterocycles. The number of aromatic nitrogens is 4. The van der Waals surface area contributed by atoms with Gasteiger partial charge in [0.05, 0.1) is 11.8 Å². The van der Waals surface area contributed by atoms with Crippen molar-refractivity contribution in [1.82, 2.24) is 19.5 Å². The lowest BCUT2D eigenvalue weighted by atomic mass is 10.2. The van der Waals surface area contributed by atoms with Crippen molar-refractivity contribution < 1.29 is 9.53 Å². The minimum Gasteiger partial charge on any atom is -0.438 e. The molecule has 0 aliphatic heterocycles. The summed E-state index contributed by atoms with van der Waals surface area (Å²) >= 11 is 0. The molecule has 0 aliphatic rings. The van der Waals surface area contributed by atoms with E-state index in [9.17, 15) is 4.79 Å². The van der Waals surface area contributed by atoms with E-state index >= 15 is 0 Å². The second kappa shape index (κ2) is 6.72. The highest BCUT2D eigenvalue weighted by Gasteiger charge is 2.09. The molecule has 0 fully saturated rings. The number of ether oxygens (including phenoxy) is 1. The molecule has 0 unspecified atom stereocenters. The molecular formula is C19H17N5O2. The number of hydrogen-bond acceptors (Lipinski definition) is 4. The summed E-state index contributed by atoms with van der Waals surface area (Å²) in [5.74, 6) is 1.05. The molecule has 1 amide bonds. The van der Waals surface area contributed by atoms with Crippen LogP contribution in [0.4, 0.5) is 5.69 Å². The number of carbonyl (C=O) groups excluding carboxylic acids is 1. The van der Waals surface area contributed by atoms with E-state index in [0.717, 1.165) is 16.7 Å². The van der Waals surface area contributed by atoms with Gasteiger partial charge < -0.3 is 19.6 Å². The minimum absolute atomic E-state index is 0.0806. The van der Waals surface area contributed by atoms with E-state index in [-0.39, 0.29) is 5.91 Å². The standard InChI is InChI=1S/C19H17N5O2/c1-24-10-8-16-18(24)21-12-22-19(16)26-15-6-4-13(5-7-15)23-17(25)11-14-3-2-9-20-14/h2-10,12,20H,11H2,1H3,(H,23,25). The van der Waals surface area contributed by atoms with Gasteiger partial charge in [-0.2, -0.15) is 0 Å². The van der Waals surface area contributed by atoms with Gasteiger partial charge in [0.2, 0.25) is 11.8 Å². The topological polar surface area (TPSA) is 84.8 Å². The van der Waals surface area contributed by atoms with Crippen molar-refractivity contribution in [2.75, 3.05) is 5.32 Å². The molecule has 0 radical (unpaired) electrons. The summed E-state index contributed by atoms with van der Waals surface area (Å²) in [4.78, 5) is 23.5. The number of fused-ring (bicyclic) bond motifs is 1. The maximum absolute atomic E-state index is 12.0. The number of nitrogens with zero attached hydrogens (tertiary/aromatic N) is 3. The molecule has 130 valence electrons. The van der Waals surface area contributed by atoms with Crippen molar-refractivity contribution in [3.63, 3.8) is 0 Å². The zero-order valence-corrected chi connectivity index (χ0v) is 14.1. The summed E-state index contributed by atoms with van der Waals surface area (Å²) < 4.78 is 7.78. The van der Waals surface area contributed by atoms with Gasteiger partial charge in [0.15, 0.2) is 0 Å². The van der Waals surface area contributed by atoms with Crippen molar-refractivity contribution in [3.05, 3.63) is 66.9 Å². The molecule has 1 aromatic carbocycles. The highest BCUT2D eigenvalue weighted by molar-refractivity contribution is 5.92. The summed E-state index contributed by atoms with van der Waals surface area (Å²) in [5, 5.41) is 3.71. The van der Waals surface area contributed by atoms with E-state index in [1.807, 2.05) is 36.0 Å². The van der Waals surface area contributed by atoms with Crippen molar-refractivity contribution >= 4 is 22.6 Å². The summed E-state index contributed by atoms with van der Waals surface area (Å²) in [7, 11) is 1.92.